The molecule has 0 radical (unpaired) electrons. The minimum Gasteiger partial charge on any atom is -0.550 e. The third-order valence-corrected chi connectivity index (χ3v) is 3.31. The van der Waals surface area contributed by atoms with Gasteiger partial charge in [-0.1, -0.05) is 6.92 Å². The molecule has 5 heteroatoms. The second-order valence-corrected chi connectivity index (χ2v) is 4.87. The van der Waals surface area contributed by atoms with E-state index in [9.17, 15) is 14.7 Å². The number of aryl methyl sites for hydroxylation is 1. The van der Waals surface area contributed by atoms with Crippen LogP contribution in [0.1, 0.15) is 30.9 Å². The topological polar surface area (TPSA) is 79.6 Å². The SMILES string of the molecule is CCCOc1ccc2c(C)c(CCC(=O)[O-])c(=O)oc2c1. The van der Waals surface area contributed by atoms with Crippen LogP contribution in [0.4, 0.5) is 0 Å². The Hall–Kier alpha value is -2.30. The Labute approximate surface area is 122 Å². The van der Waals surface area contributed by atoms with Crippen LogP contribution < -0.4 is 15.5 Å². The average molecular weight is 289 g/mol. The molecule has 0 bridgehead atoms. The standard InChI is InChI=1S/C16H18O5/c1-3-8-20-11-4-5-12-10(2)13(6-7-15(17)18)16(19)21-14(12)9-11/h4-5,9H,3,6-8H2,1-2H3,(H,17,18)/p-1. The summed E-state index contributed by atoms with van der Waals surface area (Å²) in [5, 5.41) is 11.3. The van der Waals surface area contributed by atoms with Crippen LogP contribution >= 0.6 is 0 Å². The van der Waals surface area contributed by atoms with Crippen molar-refractivity contribution in [1.29, 1.82) is 0 Å². The van der Waals surface area contributed by atoms with Crippen LogP contribution in [0.15, 0.2) is 27.4 Å². The highest BCUT2D eigenvalue weighted by molar-refractivity contribution is 5.82. The van der Waals surface area contributed by atoms with Crippen LogP contribution in [0.25, 0.3) is 11.0 Å². The van der Waals surface area contributed by atoms with Crippen molar-refractivity contribution in [3.8, 4) is 5.75 Å². The van der Waals surface area contributed by atoms with Gasteiger partial charge in [0.2, 0.25) is 0 Å². The monoisotopic (exact) mass is 289 g/mol. The number of carboxylic acid groups (broad SMARTS) is 1. The first kappa shape index (κ1) is 15.1. The normalized spacial score (nSPS) is 10.8. The highest BCUT2D eigenvalue weighted by Gasteiger charge is 2.12. The molecule has 5 nitrogen and oxygen atoms in total. The lowest BCUT2D eigenvalue weighted by Crippen LogP contribution is -2.24. The van der Waals surface area contributed by atoms with Crippen molar-refractivity contribution in [1.82, 2.24) is 0 Å². The first-order chi connectivity index (χ1) is 10.0. The summed E-state index contributed by atoms with van der Waals surface area (Å²) in [5.41, 5.74) is 1.07. The average Bonchev–Trinajstić information content (AvgIpc) is 2.44. The van der Waals surface area contributed by atoms with Gasteiger partial charge in [-0.25, -0.2) is 4.79 Å². The molecular formula is C16H17O5-. The summed E-state index contributed by atoms with van der Waals surface area (Å²) in [4.78, 5) is 22.5. The van der Waals surface area contributed by atoms with E-state index in [1.165, 1.54) is 0 Å². The van der Waals surface area contributed by atoms with Crippen LogP contribution in [-0.2, 0) is 11.2 Å². The molecule has 0 saturated carbocycles. The van der Waals surface area contributed by atoms with E-state index in [-0.39, 0.29) is 12.8 Å². The molecule has 0 aliphatic rings. The molecule has 0 aliphatic carbocycles. The molecule has 2 rings (SSSR count). The van der Waals surface area contributed by atoms with Crippen molar-refractivity contribution in [3.05, 3.63) is 39.7 Å². The van der Waals surface area contributed by atoms with Gasteiger partial charge >= 0.3 is 5.63 Å². The van der Waals surface area contributed by atoms with Crippen molar-refractivity contribution in [2.24, 2.45) is 0 Å². The van der Waals surface area contributed by atoms with Crippen LogP contribution in [0.3, 0.4) is 0 Å². The second kappa shape index (κ2) is 6.43. The fraction of sp³-hybridized carbons (Fsp3) is 0.375. The van der Waals surface area contributed by atoms with Gasteiger partial charge in [0.25, 0.3) is 0 Å². The number of hydrogen-bond donors (Lipinski definition) is 0. The van der Waals surface area contributed by atoms with Gasteiger partial charge in [0.1, 0.15) is 11.3 Å². The zero-order chi connectivity index (χ0) is 15.4. The zero-order valence-electron chi connectivity index (χ0n) is 12.1. The molecule has 0 N–H and O–H groups in total. The zero-order valence-corrected chi connectivity index (χ0v) is 12.1. The van der Waals surface area contributed by atoms with Crippen molar-refractivity contribution >= 4 is 16.9 Å². The molecule has 2 aromatic rings. The highest BCUT2D eigenvalue weighted by Crippen LogP contribution is 2.24. The first-order valence-corrected chi connectivity index (χ1v) is 6.92. The lowest BCUT2D eigenvalue weighted by Gasteiger charge is -2.10. The van der Waals surface area contributed by atoms with Gasteiger partial charge in [0.05, 0.1) is 6.61 Å². The molecule has 21 heavy (non-hydrogen) atoms. The Morgan fingerprint density at radius 3 is 2.81 bits per heavy atom. The number of fused-ring (bicyclic) bond motifs is 1. The largest absolute Gasteiger partial charge is 0.550 e. The number of ether oxygens (including phenoxy) is 1. The molecule has 0 spiro atoms. The van der Waals surface area contributed by atoms with Gasteiger partial charge in [-0.05, 0) is 43.9 Å². The molecule has 1 aromatic carbocycles. The van der Waals surface area contributed by atoms with E-state index in [1.54, 1.807) is 13.0 Å². The molecule has 0 fully saturated rings. The van der Waals surface area contributed by atoms with E-state index < -0.39 is 11.6 Å². The maximum atomic E-state index is 12.0. The Kier molecular flexibility index (Phi) is 4.62. The molecule has 0 amide bonds. The fourth-order valence-electron chi connectivity index (χ4n) is 2.20. The number of rotatable bonds is 6. The maximum absolute atomic E-state index is 12.0. The van der Waals surface area contributed by atoms with E-state index >= 15 is 0 Å². The van der Waals surface area contributed by atoms with E-state index in [0.717, 1.165) is 17.4 Å². The lowest BCUT2D eigenvalue weighted by atomic mass is 10.0. The van der Waals surface area contributed by atoms with E-state index in [4.69, 9.17) is 9.15 Å². The molecule has 1 aromatic heterocycles. The van der Waals surface area contributed by atoms with Crippen LogP contribution in [-0.4, -0.2) is 12.6 Å². The Morgan fingerprint density at radius 2 is 2.14 bits per heavy atom. The first-order valence-electron chi connectivity index (χ1n) is 6.92. The van der Waals surface area contributed by atoms with Gasteiger partial charge in [-0.3, -0.25) is 0 Å². The van der Waals surface area contributed by atoms with Gasteiger partial charge in [0.15, 0.2) is 0 Å². The minimum atomic E-state index is -1.18. The smallest absolute Gasteiger partial charge is 0.339 e. The van der Waals surface area contributed by atoms with Crippen molar-refractivity contribution < 1.29 is 19.1 Å². The summed E-state index contributed by atoms with van der Waals surface area (Å²) in [7, 11) is 0. The molecule has 112 valence electrons. The van der Waals surface area contributed by atoms with Gasteiger partial charge < -0.3 is 19.1 Å². The van der Waals surface area contributed by atoms with Gasteiger partial charge in [-0.15, -0.1) is 0 Å². The van der Waals surface area contributed by atoms with Crippen molar-refractivity contribution in [3.63, 3.8) is 0 Å². The predicted octanol–water partition coefficient (Wildman–Crippen LogP) is 1.57. The van der Waals surface area contributed by atoms with E-state index in [1.807, 2.05) is 19.1 Å². The molecule has 0 aliphatic heterocycles. The quantitative estimate of drug-likeness (QED) is 0.754. The predicted molar refractivity (Wildman–Crippen MR) is 76.3 cm³/mol. The van der Waals surface area contributed by atoms with Gasteiger partial charge in [-0.2, -0.15) is 0 Å². The fourth-order valence-corrected chi connectivity index (χ4v) is 2.20. The number of carbonyl (C=O) groups is 1. The number of hydrogen-bond acceptors (Lipinski definition) is 5. The Bertz CT molecular complexity index is 714. The number of carbonyl (C=O) groups excluding carboxylic acids is 1. The van der Waals surface area contributed by atoms with Crippen LogP contribution in [0.2, 0.25) is 0 Å². The number of aliphatic carboxylic acids is 1. The van der Waals surface area contributed by atoms with Crippen LogP contribution in [0, 0.1) is 6.92 Å². The highest BCUT2D eigenvalue weighted by atomic mass is 16.5. The van der Waals surface area contributed by atoms with Crippen LogP contribution in [0.5, 0.6) is 5.75 Å². The summed E-state index contributed by atoms with van der Waals surface area (Å²) in [6, 6.07) is 5.32. The Morgan fingerprint density at radius 1 is 1.38 bits per heavy atom. The molecule has 0 atom stereocenters. The lowest BCUT2D eigenvalue weighted by molar-refractivity contribution is -0.305. The summed E-state index contributed by atoms with van der Waals surface area (Å²) in [5.74, 6) is -0.536. The molecule has 1 heterocycles. The molecular weight excluding hydrogens is 272 g/mol. The maximum Gasteiger partial charge on any atom is 0.339 e. The number of carboxylic acids is 1. The molecule has 0 saturated heterocycles. The minimum absolute atomic E-state index is 0.112. The summed E-state index contributed by atoms with van der Waals surface area (Å²) in [6.45, 7) is 4.39. The van der Waals surface area contributed by atoms with E-state index in [2.05, 4.69) is 0 Å². The third kappa shape index (κ3) is 3.42. The molecule has 0 unspecified atom stereocenters. The second-order valence-electron chi connectivity index (χ2n) is 4.87. The Balaban J connectivity index is 2.42. The summed E-state index contributed by atoms with van der Waals surface area (Å²) < 4.78 is 10.8. The summed E-state index contributed by atoms with van der Waals surface area (Å²) in [6.07, 6.45) is 0.804. The van der Waals surface area contributed by atoms with Gasteiger partial charge in [0, 0.05) is 23.0 Å². The van der Waals surface area contributed by atoms with Crippen molar-refractivity contribution in [2.45, 2.75) is 33.1 Å². The third-order valence-electron chi connectivity index (χ3n) is 3.31. The van der Waals surface area contributed by atoms with E-state index in [0.29, 0.717) is 23.5 Å². The van der Waals surface area contributed by atoms with Crippen molar-refractivity contribution in [2.75, 3.05) is 6.61 Å². The summed E-state index contributed by atoms with van der Waals surface area (Å²) >= 11 is 0. The number of benzene rings is 1.